The number of nitrogens with two attached hydrogens (primary N) is 1. The first-order chi connectivity index (χ1) is 7.63. The zero-order valence-electron chi connectivity index (χ0n) is 8.64. The minimum Gasteiger partial charge on any atom is -0.271 e. The minimum atomic E-state index is -0.527. The molecule has 1 aromatic carbocycles. The maximum absolute atomic E-state index is 13.7. The predicted octanol–water partition coefficient (Wildman–Crippen LogP) is 2.51. The molecule has 1 fully saturated rings. The summed E-state index contributed by atoms with van der Waals surface area (Å²) < 4.78 is 27.5. The maximum Gasteiger partial charge on any atom is 0.143 e. The summed E-state index contributed by atoms with van der Waals surface area (Å²) in [5.74, 6) is 4.80. The molecule has 88 valence electrons. The van der Waals surface area contributed by atoms with E-state index < -0.39 is 11.6 Å². The molecular weight excluding hydrogens is 278 g/mol. The number of rotatable bonds is 4. The lowest BCUT2D eigenvalue weighted by atomic mass is 10.0. The van der Waals surface area contributed by atoms with Gasteiger partial charge in [0.05, 0.1) is 4.47 Å². The van der Waals surface area contributed by atoms with Crippen LogP contribution in [-0.2, 0) is 6.42 Å². The van der Waals surface area contributed by atoms with Crippen LogP contribution in [0.2, 0.25) is 0 Å². The Morgan fingerprint density at radius 3 is 2.69 bits per heavy atom. The van der Waals surface area contributed by atoms with Crippen molar-refractivity contribution in [3.63, 3.8) is 0 Å². The number of hydrogen-bond acceptors (Lipinski definition) is 2. The van der Waals surface area contributed by atoms with E-state index in [1.807, 2.05) is 0 Å². The number of hydrogen-bond donors (Lipinski definition) is 2. The topological polar surface area (TPSA) is 38.0 Å². The first-order valence-corrected chi connectivity index (χ1v) is 6.01. The van der Waals surface area contributed by atoms with Crippen LogP contribution in [0.3, 0.4) is 0 Å². The molecule has 0 bridgehead atoms. The third-order valence-corrected chi connectivity index (χ3v) is 3.58. The molecule has 5 heteroatoms. The smallest absolute Gasteiger partial charge is 0.143 e. The molecule has 1 aromatic rings. The Labute approximate surface area is 101 Å². The summed E-state index contributed by atoms with van der Waals surface area (Å²) in [4.78, 5) is 0. The van der Waals surface area contributed by atoms with E-state index >= 15 is 0 Å². The van der Waals surface area contributed by atoms with E-state index in [0.717, 1.165) is 12.8 Å². The van der Waals surface area contributed by atoms with Gasteiger partial charge in [0.15, 0.2) is 0 Å². The molecule has 1 unspecified atom stereocenters. The van der Waals surface area contributed by atoms with Crippen molar-refractivity contribution in [1.82, 2.24) is 5.43 Å². The lowest BCUT2D eigenvalue weighted by molar-refractivity contribution is 0.448. The molecule has 3 N–H and O–H groups in total. The second-order valence-corrected chi connectivity index (χ2v) is 4.99. The van der Waals surface area contributed by atoms with Crippen LogP contribution >= 0.6 is 15.9 Å². The SMILES string of the molecule is NNC(Cc1c(F)ccc(Br)c1F)C1CC1. The highest BCUT2D eigenvalue weighted by Gasteiger charge is 2.31. The number of nitrogens with one attached hydrogen (secondary N) is 1. The Balaban J connectivity index is 2.22. The quantitative estimate of drug-likeness (QED) is 0.508. The standard InChI is InChI=1S/C11H13BrF2N2/c12-8-3-4-9(13)7(11(8)14)5-10(16-15)6-1-2-6/h3-4,6,10,16H,1-2,5,15H2. The van der Waals surface area contributed by atoms with Gasteiger partial charge in [-0.3, -0.25) is 11.3 Å². The summed E-state index contributed by atoms with van der Waals surface area (Å²) >= 11 is 3.05. The number of benzene rings is 1. The Morgan fingerprint density at radius 1 is 1.44 bits per heavy atom. The third kappa shape index (κ3) is 2.42. The molecule has 0 heterocycles. The number of hydrazine groups is 1. The molecule has 1 aliphatic rings. The van der Waals surface area contributed by atoms with Gasteiger partial charge in [-0.2, -0.15) is 0 Å². The van der Waals surface area contributed by atoms with Crippen LogP contribution in [-0.4, -0.2) is 6.04 Å². The second kappa shape index (κ2) is 4.77. The van der Waals surface area contributed by atoms with Gasteiger partial charge in [0.25, 0.3) is 0 Å². The predicted molar refractivity (Wildman–Crippen MR) is 61.6 cm³/mol. The molecule has 0 aromatic heterocycles. The molecule has 0 amide bonds. The van der Waals surface area contributed by atoms with Crippen molar-refractivity contribution in [2.45, 2.75) is 25.3 Å². The Kier molecular flexibility index (Phi) is 3.56. The van der Waals surface area contributed by atoms with Crippen LogP contribution in [0, 0.1) is 17.6 Å². The van der Waals surface area contributed by atoms with Crippen LogP contribution in [0.5, 0.6) is 0 Å². The van der Waals surface area contributed by atoms with Crippen LogP contribution < -0.4 is 11.3 Å². The van der Waals surface area contributed by atoms with Crippen molar-refractivity contribution in [2.75, 3.05) is 0 Å². The average Bonchev–Trinajstić information content (AvgIpc) is 3.08. The molecule has 1 aliphatic carbocycles. The van der Waals surface area contributed by atoms with Crippen molar-refractivity contribution >= 4 is 15.9 Å². The average molecular weight is 291 g/mol. The summed E-state index contributed by atoms with van der Waals surface area (Å²) in [6.45, 7) is 0. The van der Waals surface area contributed by atoms with E-state index in [-0.39, 0.29) is 22.5 Å². The molecule has 0 saturated heterocycles. The summed E-state index contributed by atoms with van der Waals surface area (Å²) in [7, 11) is 0. The highest BCUT2D eigenvalue weighted by Crippen LogP contribution is 2.34. The number of halogens is 3. The second-order valence-electron chi connectivity index (χ2n) is 4.14. The van der Waals surface area contributed by atoms with E-state index in [4.69, 9.17) is 5.84 Å². The van der Waals surface area contributed by atoms with Gasteiger partial charge in [-0.1, -0.05) is 0 Å². The van der Waals surface area contributed by atoms with E-state index in [1.54, 1.807) is 0 Å². The van der Waals surface area contributed by atoms with Gasteiger partial charge in [0.2, 0.25) is 0 Å². The zero-order chi connectivity index (χ0) is 11.7. The summed E-state index contributed by atoms with van der Waals surface area (Å²) in [6.07, 6.45) is 2.44. The van der Waals surface area contributed by atoms with E-state index in [9.17, 15) is 8.78 Å². The van der Waals surface area contributed by atoms with Crippen LogP contribution in [0.4, 0.5) is 8.78 Å². The van der Waals surface area contributed by atoms with Crippen molar-refractivity contribution in [2.24, 2.45) is 11.8 Å². The van der Waals surface area contributed by atoms with Crippen molar-refractivity contribution in [3.8, 4) is 0 Å². The summed E-state index contributed by atoms with van der Waals surface area (Å²) in [5.41, 5.74) is 2.74. The van der Waals surface area contributed by atoms with Crippen molar-refractivity contribution in [1.29, 1.82) is 0 Å². The lowest BCUT2D eigenvalue weighted by Gasteiger charge is -2.16. The molecule has 0 spiro atoms. The first-order valence-electron chi connectivity index (χ1n) is 5.22. The third-order valence-electron chi connectivity index (χ3n) is 2.97. The molecule has 2 rings (SSSR count). The minimum absolute atomic E-state index is 0.0432. The van der Waals surface area contributed by atoms with Crippen molar-refractivity contribution < 1.29 is 8.78 Å². The zero-order valence-corrected chi connectivity index (χ0v) is 10.2. The monoisotopic (exact) mass is 290 g/mol. The van der Waals surface area contributed by atoms with E-state index in [0.29, 0.717) is 5.92 Å². The van der Waals surface area contributed by atoms with Gasteiger partial charge in [0, 0.05) is 11.6 Å². The van der Waals surface area contributed by atoms with E-state index in [1.165, 1.54) is 12.1 Å². The fourth-order valence-electron chi connectivity index (χ4n) is 1.84. The molecule has 16 heavy (non-hydrogen) atoms. The fraction of sp³-hybridized carbons (Fsp3) is 0.455. The normalized spacial score (nSPS) is 17.5. The molecule has 0 radical (unpaired) electrons. The van der Waals surface area contributed by atoms with Gasteiger partial charge in [0.1, 0.15) is 11.6 Å². The summed E-state index contributed by atoms with van der Waals surface area (Å²) in [6, 6.07) is 2.59. The van der Waals surface area contributed by atoms with Gasteiger partial charge >= 0.3 is 0 Å². The Bertz CT molecular complexity index is 394. The highest BCUT2D eigenvalue weighted by atomic mass is 79.9. The highest BCUT2D eigenvalue weighted by molar-refractivity contribution is 9.10. The van der Waals surface area contributed by atoms with Crippen LogP contribution in [0.1, 0.15) is 18.4 Å². The van der Waals surface area contributed by atoms with Crippen LogP contribution in [0.15, 0.2) is 16.6 Å². The van der Waals surface area contributed by atoms with Crippen molar-refractivity contribution in [3.05, 3.63) is 33.8 Å². The van der Waals surface area contributed by atoms with Gasteiger partial charge in [-0.05, 0) is 53.2 Å². The molecule has 1 atom stereocenters. The molecule has 1 saturated carbocycles. The molecular formula is C11H13BrF2N2. The Hall–Kier alpha value is -0.520. The lowest BCUT2D eigenvalue weighted by Crippen LogP contribution is -2.38. The molecule has 2 nitrogen and oxygen atoms in total. The fourth-order valence-corrected chi connectivity index (χ4v) is 2.21. The first kappa shape index (κ1) is 12.0. The van der Waals surface area contributed by atoms with Gasteiger partial charge in [-0.15, -0.1) is 0 Å². The summed E-state index contributed by atoms with van der Waals surface area (Å²) in [5, 5.41) is 0. The largest absolute Gasteiger partial charge is 0.271 e. The van der Waals surface area contributed by atoms with E-state index in [2.05, 4.69) is 21.4 Å². The van der Waals surface area contributed by atoms with Crippen LogP contribution in [0.25, 0.3) is 0 Å². The molecule has 0 aliphatic heterocycles. The van der Waals surface area contributed by atoms with Gasteiger partial charge in [-0.25, -0.2) is 8.78 Å². The van der Waals surface area contributed by atoms with Gasteiger partial charge < -0.3 is 0 Å². The Morgan fingerprint density at radius 2 is 2.12 bits per heavy atom. The maximum atomic E-state index is 13.7.